The van der Waals surface area contributed by atoms with Crippen LogP contribution in [0.5, 0.6) is 11.5 Å². The largest absolute Gasteiger partial charge is 0.498 e. The van der Waals surface area contributed by atoms with E-state index >= 15 is 0 Å². The van der Waals surface area contributed by atoms with Crippen LogP contribution < -0.4 is 9.47 Å². The van der Waals surface area contributed by atoms with E-state index in [1.54, 1.807) is 12.0 Å². The molecule has 1 amide bonds. The van der Waals surface area contributed by atoms with Crippen LogP contribution in [0.15, 0.2) is 84.1 Å². The summed E-state index contributed by atoms with van der Waals surface area (Å²) in [6.45, 7) is 0.916. The lowest BCUT2D eigenvalue weighted by Gasteiger charge is -2.56. The highest BCUT2D eigenvalue weighted by atomic mass is 16.6. The average molecular weight is 558 g/mol. The molecule has 0 spiro atoms. The summed E-state index contributed by atoms with van der Waals surface area (Å²) in [5, 5.41) is 22.2. The van der Waals surface area contributed by atoms with Gasteiger partial charge in [-0.05, 0) is 42.0 Å². The van der Waals surface area contributed by atoms with Crippen LogP contribution in [-0.4, -0.2) is 60.2 Å². The molecule has 3 aromatic rings. The van der Waals surface area contributed by atoms with Crippen molar-refractivity contribution in [3.63, 3.8) is 0 Å². The number of aliphatic hydroxyl groups is 2. The summed E-state index contributed by atoms with van der Waals surface area (Å²) in [6.07, 6.45) is -1.43. The Kier molecular flexibility index (Phi) is 7.36. The van der Waals surface area contributed by atoms with Crippen LogP contribution >= 0.6 is 0 Å². The van der Waals surface area contributed by atoms with Gasteiger partial charge in [-0.25, -0.2) is 4.79 Å². The number of nitrogens with zero attached hydrogens (tertiary/aromatic N) is 1. The number of carbonyl (C=O) groups is 1. The Morgan fingerprint density at radius 2 is 1.61 bits per heavy atom. The molecule has 1 heterocycles. The van der Waals surface area contributed by atoms with Crippen molar-refractivity contribution in [1.82, 2.24) is 4.90 Å². The van der Waals surface area contributed by atoms with Gasteiger partial charge >= 0.3 is 6.09 Å². The summed E-state index contributed by atoms with van der Waals surface area (Å²) in [6, 6.07) is 23.0. The Bertz CT molecular complexity index is 1440. The molecule has 41 heavy (non-hydrogen) atoms. The molecule has 1 aliphatic heterocycles. The number of methoxy groups -OCH3 is 2. The molecule has 214 valence electrons. The minimum Gasteiger partial charge on any atom is -0.498 e. The second kappa shape index (κ2) is 11.1. The summed E-state index contributed by atoms with van der Waals surface area (Å²) < 4.78 is 23.8. The van der Waals surface area contributed by atoms with E-state index in [0.29, 0.717) is 43.3 Å². The molecule has 3 aliphatic rings. The Hall–Kier alpha value is -4.01. The summed E-state index contributed by atoms with van der Waals surface area (Å²) >= 11 is 0. The van der Waals surface area contributed by atoms with Crippen LogP contribution in [0.1, 0.15) is 35.1 Å². The molecule has 1 fully saturated rings. The molecule has 6 rings (SSSR count). The molecule has 2 N–H and O–H groups in total. The fourth-order valence-electron chi connectivity index (χ4n) is 6.86. The van der Waals surface area contributed by atoms with E-state index in [4.69, 9.17) is 18.9 Å². The van der Waals surface area contributed by atoms with Crippen LogP contribution in [0.3, 0.4) is 0 Å². The summed E-state index contributed by atoms with van der Waals surface area (Å²) in [4.78, 5) is 15.2. The Morgan fingerprint density at radius 1 is 0.927 bits per heavy atom. The van der Waals surface area contributed by atoms with Crippen LogP contribution in [0.25, 0.3) is 0 Å². The number of benzene rings is 3. The third-order valence-corrected chi connectivity index (χ3v) is 8.67. The molecule has 3 aromatic carbocycles. The highest BCUT2D eigenvalue weighted by Crippen LogP contribution is 2.59. The normalized spacial score (nSPS) is 24.7. The van der Waals surface area contributed by atoms with Gasteiger partial charge in [-0.1, -0.05) is 66.7 Å². The second-order valence-electron chi connectivity index (χ2n) is 10.9. The van der Waals surface area contributed by atoms with Gasteiger partial charge in [0.1, 0.15) is 25.1 Å². The monoisotopic (exact) mass is 557 g/mol. The fourth-order valence-corrected chi connectivity index (χ4v) is 6.86. The van der Waals surface area contributed by atoms with Gasteiger partial charge in [0.25, 0.3) is 0 Å². The third-order valence-electron chi connectivity index (χ3n) is 8.67. The average Bonchev–Trinajstić information content (AvgIpc) is 3.00. The molecule has 4 atom stereocenters. The summed E-state index contributed by atoms with van der Waals surface area (Å²) in [7, 11) is 3.11. The quantitative estimate of drug-likeness (QED) is 0.441. The van der Waals surface area contributed by atoms with Crippen molar-refractivity contribution in [3.05, 3.63) is 106 Å². The zero-order chi connectivity index (χ0) is 28.6. The maximum Gasteiger partial charge on any atom is 0.410 e. The number of amides is 1. The van der Waals surface area contributed by atoms with Crippen molar-refractivity contribution in [2.45, 2.75) is 56.1 Å². The number of fused-ring (bicyclic) bond motifs is 1. The van der Waals surface area contributed by atoms with Crippen molar-refractivity contribution in [2.75, 3.05) is 20.8 Å². The van der Waals surface area contributed by atoms with Crippen molar-refractivity contribution >= 4 is 6.09 Å². The second-order valence-corrected chi connectivity index (χ2v) is 10.9. The SMILES string of the molecule is COC1=C2[C@H]3Cc4ccc(OC)c(OCc5ccccc5)c4[C@@]2(CCN3C(=O)OCc2ccccc2)C[C@@H](O)[C@H]1O. The van der Waals surface area contributed by atoms with Gasteiger partial charge in [0, 0.05) is 23.1 Å². The Labute approximate surface area is 239 Å². The first-order valence-corrected chi connectivity index (χ1v) is 14.0. The minimum atomic E-state index is -1.20. The number of hydrogen-bond donors (Lipinski definition) is 2. The maximum atomic E-state index is 13.5. The molecule has 8 nitrogen and oxygen atoms in total. The van der Waals surface area contributed by atoms with Crippen LogP contribution in [0.4, 0.5) is 4.79 Å². The van der Waals surface area contributed by atoms with Gasteiger partial charge in [-0.3, -0.25) is 0 Å². The maximum absolute atomic E-state index is 13.5. The van der Waals surface area contributed by atoms with Crippen LogP contribution in [-0.2, 0) is 34.5 Å². The minimum absolute atomic E-state index is 0.164. The number of likely N-dealkylation sites (tertiary alicyclic amines) is 1. The molecular formula is C33H35NO7. The Morgan fingerprint density at radius 3 is 2.27 bits per heavy atom. The van der Waals surface area contributed by atoms with E-state index in [0.717, 1.165) is 27.8 Å². The molecule has 2 aliphatic carbocycles. The van der Waals surface area contributed by atoms with Gasteiger partial charge in [0.2, 0.25) is 0 Å². The number of ether oxygens (including phenoxy) is 4. The zero-order valence-electron chi connectivity index (χ0n) is 23.3. The van der Waals surface area contributed by atoms with Crippen LogP contribution in [0.2, 0.25) is 0 Å². The molecule has 2 bridgehead atoms. The summed E-state index contributed by atoms with van der Waals surface area (Å²) in [5.74, 6) is 1.51. The molecule has 0 aromatic heterocycles. The third kappa shape index (κ3) is 4.71. The van der Waals surface area contributed by atoms with E-state index in [9.17, 15) is 15.0 Å². The fraction of sp³-hybridized carbons (Fsp3) is 0.364. The zero-order valence-corrected chi connectivity index (χ0v) is 23.3. The van der Waals surface area contributed by atoms with E-state index in [2.05, 4.69) is 0 Å². The van der Waals surface area contributed by atoms with Gasteiger partial charge < -0.3 is 34.1 Å². The first-order valence-electron chi connectivity index (χ1n) is 14.0. The smallest absolute Gasteiger partial charge is 0.410 e. The predicted molar refractivity (Wildman–Crippen MR) is 152 cm³/mol. The first kappa shape index (κ1) is 27.2. The molecule has 1 saturated heterocycles. The number of carbonyl (C=O) groups excluding carboxylic acids is 1. The van der Waals surface area contributed by atoms with Crippen LogP contribution in [0, 0.1) is 0 Å². The Balaban J connectivity index is 1.43. The topological polar surface area (TPSA) is 97.7 Å². The lowest BCUT2D eigenvalue weighted by molar-refractivity contribution is -0.0351. The molecule has 0 radical (unpaired) electrons. The van der Waals surface area contributed by atoms with Gasteiger partial charge in [-0.15, -0.1) is 0 Å². The van der Waals surface area contributed by atoms with E-state index in [1.165, 1.54) is 7.11 Å². The van der Waals surface area contributed by atoms with E-state index in [-0.39, 0.29) is 13.0 Å². The standard InChI is InChI=1S/C33H35NO7/c1-38-26-14-13-23-17-24-28-31(39-2)29(36)25(35)18-33(28,27(23)30(26)40-19-21-9-5-3-6-10-21)15-16-34(24)32(37)41-20-22-11-7-4-8-12-22/h3-14,24-25,29,35-36H,15-20H2,1-2H3/t24-,25-,29-,33-/m1/s1. The highest BCUT2D eigenvalue weighted by molar-refractivity contribution is 5.72. The van der Waals surface area contributed by atoms with Crippen molar-refractivity contribution in [1.29, 1.82) is 0 Å². The van der Waals surface area contributed by atoms with Gasteiger partial charge in [0.15, 0.2) is 11.5 Å². The predicted octanol–water partition coefficient (Wildman–Crippen LogP) is 4.51. The van der Waals surface area contributed by atoms with Crippen molar-refractivity contribution < 1.29 is 34.0 Å². The molecule has 0 unspecified atom stereocenters. The van der Waals surface area contributed by atoms with Crippen molar-refractivity contribution in [2.24, 2.45) is 0 Å². The van der Waals surface area contributed by atoms with Gasteiger partial charge in [0.05, 0.1) is 26.4 Å². The van der Waals surface area contributed by atoms with E-state index < -0.39 is 29.8 Å². The van der Waals surface area contributed by atoms with Gasteiger partial charge in [-0.2, -0.15) is 0 Å². The van der Waals surface area contributed by atoms with Crippen molar-refractivity contribution in [3.8, 4) is 11.5 Å². The molecule has 0 saturated carbocycles. The number of aliphatic hydroxyl groups excluding tert-OH is 2. The first-order chi connectivity index (χ1) is 20.0. The lowest BCUT2D eigenvalue weighted by atomic mass is 9.55. The highest BCUT2D eigenvalue weighted by Gasteiger charge is 2.58. The summed E-state index contributed by atoms with van der Waals surface area (Å²) in [5.41, 5.74) is 3.92. The number of hydrogen-bond acceptors (Lipinski definition) is 7. The number of rotatable bonds is 7. The molecule has 8 heteroatoms. The lowest BCUT2D eigenvalue weighted by Crippen LogP contribution is -2.61. The molecular weight excluding hydrogens is 522 g/mol. The van der Waals surface area contributed by atoms with E-state index in [1.807, 2.05) is 72.8 Å². The number of piperidine rings is 1.